The second kappa shape index (κ2) is 10.4. The maximum Gasteiger partial charge on any atom is 0.272 e. The number of piperazine rings is 1. The fourth-order valence-electron chi connectivity index (χ4n) is 5.85. The summed E-state index contributed by atoms with van der Waals surface area (Å²) < 4.78 is 0. The average Bonchev–Trinajstić information content (AvgIpc) is 3.73. The van der Waals surface area contributed by atoms with Crippen molar-refractivity contribution in [3.8, 4) is 17.3 Å². The zero-order valence-electron chi connectivity index (χ0n) is 23.7. The van der Waals surface area contributed by atoms with Gasteiger partial charge in [0.15, 0.2) is 0 Å². The number of aromatic nitrogens is 3. The van der Waals surface area contributed by atoms with Gasteiger partial charge in [-0.25, -0.2) is 0 Å². The quantitative estimate of drug-likeness (QED) is 0.381. The van der Waals surface area contributed by atoms with Gasteiger partial charge in [-0.1, -0.05) is 39.0 Å². The summed E-state index contributed by atoms with van der Waals surface area (Å²) in [6, 6.07) is 17.4. The van der Waals surface area contributed by atoms with Crippen molar-refractivity contribution >= 4 is 28.6 Å². The fraction of sp³-hybridized carbons (Fsp3) is 0.312. The lowest BCUT2D eigenvalue weighted by molar-refractivity contribution is -0.138. The summed E-state index contributed by atoms with van der Waals surface area (Å²) in [5, 5.41) is 12.9. The third kappa shape index (κ3) is 4.98. The number of H-pyrrole nitrogens is 1. The number of nitrogens with zero attached hydrogens (tertiary/aromatic N) is 5. The summed E-state index contributed by atoms with van der Waals surface area (Å²) in [5.74, 6) is -0.635. The number of carbonyl (C=O) groups excluding carboxylic acids is 3. The topological polar surface area (TPSA) is 135 Å². The average molecular weight is 562 g/mol. The highest BCUT2D eigenvalue weighted by Crippen LogP contribution is 2.34. The number of amides is 3. The van der Waals surface area contributed by atoms with Crippen LogP contribution in [0.2, 0.25) is 0 Å². The molecule has 4 aromatic rings. The van der Waals surface area contributed by atoms with Gasteiger partial charge in [-0.2, -0.15) is 5.26 Å². The molecule has 2 aliphatic rings. The van der Waals surface area contributed by atoms with E-state index in [1.54, 1.807) is 41.4 Å². The molecular weight excluding hydrogens is 530 g/mol. The smallest absolute Gasteiger partial charge is 0.272 e. The van der Waals surface area contributed by atoms with Gasteiger partial charge in [0.25, 0.3) is 11.8 Å². The van der Waals surface area contributed by atoms with Crippen molar-refractivity contribution in [3.63, 3.8) is 0 Å². The minimum atomic E-state index is -0.732. The molecule has 2 N–H and O–H groups in total. The van der Waals surface area contributed by atoms with Crippen LogP contribution in [0.3, 0.4) is 0 Å². The zero-order chi connectivity index (χ0) is 29.6. The van der Waals surface area contributed by atoms with Crippen LogP contribution in [-0.2, 0) is 4.79 Å². The molecule has 3 amide bonds. The molecule has 0 radical (unpaired) electrons. The number of hydrogen-bond acceptors (Lipinski definition) is 6. The third-order valence-corrected chi connectivity index (χ3v) is 8.12. The first-order valence-electron chi connectivity index (χ1n) is 13.9. The first kappa shape index (κ1) is 27.1. The van der Waals surface area contributed by atoms with Gasteiger partial charge >= 0.3 is 0 Å². The summed E-state index contributed by atoms with van der Waals surface area (Å²) in [6.45, 7) is 6.65. The van der Waals surface area contributed by atoms with E-state index >= 15 is 0 Å². The predicted octanol–water partition coefficient (Wildman–Crippen LogP) is 3.77. The first-order valence-corrected chi connectivity index (χ1v) is 13.9. The van der Waals surface area contributed by atoms with Crippen LogP contribution in [-0.4, -0.2) is 73.7 Å². The van der Waals surface area contributed by atoms with Crippen LogP contribution in [0.25, 0.3) is 22.2 Å². The van der Waals surface area contributed by atoms with E-state index in [9.17, 15) is 14.4 Å². The SMILES string of the molecule is CC(C)(C)C(NC(=O)c1cc2ccccc2[nH]1)C(=O)N1C[C@@H]2CC1CN2C(=O)c1ccc(-c2ccc(C#N)cn2)cn1. The number of aromatic amines is 1. The lowest BCUT2D eigenvalue weighted by atomic mass is 9.85. The van der Waals surface area contributed by atoms with Gasteiger partial charge in [-0.3, -0.25) is 24.4 Å². The van der Waals surface area contributed by atoms with Gasteiger partial charge in [0.05, 0.1) is 23.3 Å². The van der Waals surface area contributed by atoms with Gasteiger partial charge in [0, 0.05) is 41.9 Å². The van der Waals surface area contributed by atoms with Crippen molar-refractivity contribution < 1.29 is 14.4 Å². The van der Waals surface area contributed by atoms with Gasteiger partial charge in [-0.15, -0.1) is 0 Å². The Hall–Kier alpha value is -5.04. The second-order valence-electron chi connectivity index (χ2n) is 12.0. The van der Waals surface area contributed by atoms with Crippen molar-refractivity contribution in [2.45, 2.75) is 45.3 Å². The molecule has 2 unspecified atom stereocenters. The van der Waals surface area contributed by atoms with Crippen LogP contribution < -0.4 is 5.32 Å². The lowest BCUT2D eigenvalue weighted by Crippen LogP contribution is -2.59. The molecule has 3 atom stereocenters. The van der Waals surface area contributed by atoms with Crippen LogP contribution in [0.5, 0.6) is 0 Å². The Balaban J connectivity index is 1.12. The number of hydrogen-bond donors (Lipinski definition) is 2. The van der Waals surface area contributed by atoms with Crippen molar-refractivity contribution in [3.05, 3.63) is 83.9 Å². The molecule has 2 bridgehead atoms. The molecule has 10 nitrogen and oxygen atoms in total. The lowest BCUT2D eigenvalue weighted by Gasteiger charge is -2.39. The molecule has 212 valence electrons. The first-order chi connectivity index (χ1) is 20.1. The summed E-state index contributed by atoms with van der Waals surface area (Å²) in [7, 11) is 0. The number of carbonyl (C=O) groups is 3. The third-order valence-electron chi connectivity index (χ3n) is 8.12. The van der Waals surface area contributed by atoms with Crippen molar-refractivity contribution in [2.24, 2.45) is 5.41 Å². The van der Waals surface area contributed by atoms with E-state index in [0.29, 0.717) is 42.2 Å². The monoisotopic (exact) mass is 561 g/mol. The Kier molecular flexibility index (Phi) is 6.73. The summed E-state index contributed by atoms with van der Waals surface area (Å²) in [5.41, 5.74) is 2.96. The van der Waals surface area contributed by atoms with Gasteiger partial charge in [-0.05, 0) is 48.2 Å². The second-order valence-corrected chi connectivity index (χ2v) is 12.0. The minimum Gasteiger partial charge on any atom is -0.351 e. The Bertz CT molecular complexity index is 1680. The molecule has 3 aromatic heterocycles. The Morgan fingerprint density at radius 2 is 1.76 bits per heavy atom. The van der Waals surface area contributed by atoms with Crippen LogP contribution in [0.1, 0.15) is 53.7 Å². The number of benzene rings is 1. The molecule has 2 fully saturated rings. The van der Waals surface area contributed by atoms with Crippen LogP contribution >= 0.6 is 0 Å². The number of nitriles is 1. The zero-order valence-corrected chi connectivity index (χ0v) is 23.7. The Labute approximate surface area is 243 Å². The van der Waals surface area contributed by atoms with Crippen LogP contribution in [0.4, 0.5) is 0 Å². The molecule has 2 aliphatic heterocycles. The van der Waals surface area contributed by atoms with Crippen molar-refractivity contribution in [1.29, 1.82) is 5.26 Å². The number of para-hydroxylation sites is 1. The van der Waals surface area contributed by atoms with Gasteiger partial charge in [0.1, 0.15) is 23.5 Å². The molecule has 0 saturated carbocycles. The van der Waals surface area contributed by atoms with E-state index in [2.05, 4.69) is 20.3 Å². The molecule has 5 heterocycles. The standard InChI is InChI=1S/C32H31N7O3/c1-32(2,3)28(37-29(40)27-12-20-6-4-5-7-25(20)36-27)31(42)39-18-22-13-23(39)17-38(22)30(41)26-11-9-21(16-35-26)24-10-8-19(14-33)15-34-24/h4-12,15-16,22-23,28,36H,13,17-18H2,1-3H3,(H,37,40)/t22-,23?,28?/m0/s1. The van der Waals surface area contributed by atoms with Crippen LogP contribution in [0, 0.1) is 16.7 Å². The molecule has 6 rings (SSSR count). The molecule has 2 saturated heterocycles. The number of likely N-dealkylation sites (tertiary alicyclic amines) is 2. The minimum absolute atomic E-state index is 0.113. The van der Waals surface area contributed by atoms with E-state index < -0.39 is 11.5 Å². The highest BCUT2D eigenvalue weighted by Gasteiger charge is 2.50. The Morgan fingerprint density at radius 3 is 2.38 bits per heavy atom. The number of nitrogens with one attached hydrogen (secondary N) is 2. The van der Waals surface area contributed by atoms with E-state index in [4.69, 9.17) is 5.26 Å². The molecule has 0 spiro atoms. The Morgan fingerprint density at radius 1 is 1.00 bits per heavy atom. The molecule has 0 aliphatic carbocycles. The molecule has 42 heavy (non-hydrogen) atoms. The van der Waals surface area contributed by atoms with E-state index in [1.807, 2.05) is 56.0 Å². The van der Waals surface area contributed by atoms with E-state index in [-0.39, 0.29) is 29.8 Å². The van der Waals surface area contributed by atoms with E-state index in [1.165, 1.54) is 6.20 Å². The normalized spacial score (nSPS) is 18.6. The maximum atomic E-state index is 13.8. The number of fused-ring (bicyclic) bond motifs is 3. The predicted molar refractivity (Wildman–Crippen MR) is 156 cm³/mol. The molecular formula is C32H31N7O3. The van der Waals surface area contributed by atoms with Gasteiger partial charge < -0.3 is 20.1 Å². The maximum absolute atomic E-state index is 13.8. The largest absolute Gasteiger partial charge is 0.351 e. The highest BCUT2D eigenvalue weighted by molar-refractivity contribution is 6.00. The summed E-state index contributed by atoms with van der Waals surface area (Å²) in [6.07, 6.45) is 3.80. The fourth-order valence-corrected chi connectivity index (χ4v) is 5.85. The van der Waals surface area contributed by atoms with E-state index in [0.717, 1.165) is 16.5 Å². The molecule has 1 aromatic carbocycles. The number of pyridine rings is 2. The summed E-state index contributed by atoms with van der Waals surface area (Å²) in [4.78, 5) is 55.8. The number of rotatable bonds is 5. The van der Waals surface area contributed by atoms with Gasteiger partial charge in [0.2, 0.25) is 5.91 Å². The summed E-state index contributed by atoms with van der Waals surface area (Å²) >= 11 is 0. The van der Waals surface area contributed by atoms with Crippen molar-refractivity contribution in [1.82, 2.24) is 30.1 Å². The molecule has 10 heteroatoms. The van der Waals surface area contributed by atoms with Crippen LogP contribution in [0.15, 0.2) is 67.0 Å². The van der Waals surface area contributed by atoms with Crippen molar-refractivity contribution in [2.75, 3.05) is 13.1 Å². The highest BCUT2D eigenvalue weighted by atomic mass is 16.2.